The van der Waals surface area contributed by atoms with Crippen LogP contribution < -0.4 is 9.64 Å². The van der Waals surface area contributed by atoms with Crippen molar-refractivity contribution in [2.45, 2.75) is 20.0 Å². The average molecular weight is 366 g/mol. The zero-order chi connectivity index (χ0) is 18.8. The van der Waals surface area contributed by atoms with Crippen molar-refractivity contribution >= 4 is 11.6 Å². The molecule has 2 saturated heterocycles. The van der Waals surface area contributed by atoms with Gasteiger partial charge in [-0.25, -0.2) is 0 Å². The van der Waals surface area contributed by atoms with Crippen molar-refractivity contribution in [2.24, 2.45) is 0 Å². The monoisotopic (exact) mass is 366 g/mol. The van der Waals surface area contributed by atoms with Crippen LogP contribution in [0, 0.1) is 13.8 Å². The maximum absolute atomic E-state index is 12.7. The van der Waals surface area contributed by atoms with Gasteiger partial charge in [0.25, 0.3) is 5.91 Å². The number of hydrogen-bond acceptors (Lipinski definition) is 4. The van der Waals surface area contributed by atoms with Crippen LogP contribution in [-0.4, -0.2) is 56.3 Å². The summed E-state index contributed by atoms with van der Waals surface area (Å²) in [5, 5.41) is 0. The summed E-state index contributed by atoms with van der Waals surface area (Å²) in [4.78, 5) is 16.8. The predicted molar refractivity (Wildman–Crippen MR) is 106 cm³/mol. The van der Waals surface area contributed by atoms with Gasteiger partial charge in [0.15, 0.2) is 0 Å². The summed E-state index contributed by atoms with van der Waals surface area (Å²) in [6.45, 7) is 8.70. The number of carbonyl (C=O) groups excluding carboxylic acids is 1. The van der Waals surface area contributed by atoms with Gasteiger partial charge in [0.05, 0.1) is 26.3 Å². The average Bonchev–Trinajstić information content (AvgIpc) is 2.66. The molecule has 2 aromatic rings. The number of hydrogen-bond donors (Lipinski definition) is 0. The zero-order valence-electron chi connectivity index (χ0n) is 16.0. The van der Waals surface area contributed by atoms with E-state index in [9.17, 15) is 4.79 Å². The van der Waals surface area contributed by atoms with Gasteiger partial charge in [-0.2, -0.15) is 0 Å². The minimum absolute atomic E-state index is 0.0707. The third-order valence-electron chi connectivity index (χ3n) is 5.32. The molecule has 1 amide bonds. The van der Waals surface area contributed by atoms with E-state index >= 15 is 0 Å². The van der Waals surface area contributed by atoms with Gasteiger partial charge in [-0.1, -0.05) is 18.2 Å². The molecule has 2 aliphatic heterocycles. The van der Waals surface area contributed by atoms with E-state index in [0.717, 1.165) is 54.4 Å². The number of ether oxygens (including phenoxy) is 2. The second-order valence-electron chi connectivity index (χ2n) is 7.32. The van der Waals surface area contributed by atoms with Gasteiger partial charge in [0.1, 0.15) is 11.9 Å². The molecule has 0 atom stereocenters. The van der Waals surface area contributed by atoms with Gasteiger partial charge >= 0.3 is 0 Å². The summed E-state index contributed by atoms with van der Waals surface area (Å²) < 4.78 is 11.5. The van der Waals surface area contributed by atoms with Crippen LogP contribution >= 0.6 is 0 Å². The molecule has 0 N–H and O–H groups in total. The van der Waals surface area contributed by atoms with E-state index in [1.165, 1.54) is 0 Å². The third-order valence-corrected chi connectivity index (χ3v) is 5.32. The van der Waals surface area contributed by atoms with Crippen LogP contribution in [0.5, 0.6) is 5.75 Å². The van der Waals surface area contributed by atoms with Gasteiger partial charge < -0.3 is 19.3 Å². The van der Waals surface area contributed by atoms with Gasteiger partial charge in [-0.3, -0.25) is 4.79 Å². The second kappa shape index (κ2) is 7.61. The standard InChI is InChI=1S/C22H26N2O3/c1-16-4-3-5-17(2)21(16)27-20-14-24(15-20)22(25)18-6-8-19(9-7-18)23-10-12-26-13-11-23/h3-9,20H,10-15H2,1-2H3. The molecule has 4 rings (SSSR count). The number of likely N-dealkylation sites (tertiary alicyclic amines) is 1. The minimum atomic E-state index is 0.0707. The molecule has 2 aliphatic rings. The maximum atomic E-state index is 12.7. The lowest BCUT2D eigenvalue weighted by atomic mass is 10.1. The van der Waals surface area contributed by atoms with E-state index in [1.54, 1.807) is 0 Å². The van der Waals surface area contributed by atoms with Crippen molar-refractivity contribution < 1.29 is 14.3 Å². The fourth-order valence-electron chi connectivity index (χ4n) is 3.65. The Kier molecular flexibility index (Phi) is 5.03. The Balaban J connectivity index is 1.33. The first-order chi connectivity index (χ1) is 13.1. The van der Waals surface area contributed by atoms with Gasteiger partial charge in [0, 0.05) is 24.3 Å². The SMILES string of the molecule is Cc1cccc(C)c1OC1CN(C(=O)c2ccc(N3CCOCC3)cc2)C1. The largest absolute Gasteiger partial charge is 0.486 e. The number of aryl methyl sites for hydroxylation is 2. The van der Waals surface area contributed by atoms with Crippen LogP contribution in [0.3, 0.4) is 0 Å². The normalized spacial score (nSPS) is 17.6. The Morgan fingerprint density at radius 3 is 2.26 bits per heavy atom. The summed E-state index contributed by atoms with van der Waals surface area (Å²) in [6, 6.07) is 14.1. The molecule has 0 radical (unpaired) electrons. The fourth-order valence-corrected chi connectivity index (χ4v) is 3.65. The molecule has 2 heterocycles. The number of anilines is 1. The maximum Gasteiger partial charge on any atom is 0.254 e. The molecule has 142 valence electrons. The smallest absolute Gasteiger partial charge is 0.254 e. The van der Waals surface area contributed by atoms with Crippen molar-refractivity contribution in [1.82, 2.24) is 4.90 Å². The van der Waals surface area contributed by atoms with Crippen LogP contribution in [-0.2, 0) is 4.74 Å². The first kappa shape index (κ1) is 17.9. The number of morpholine rings is 1. The molecule has 2 fully saturated rings. The van der Waals surface area contributed by atoms with Gasteiger partial charge in [-0.15, -0.1) is 0 Å². The number of rotatable bonds is 4. The Morgan fingerprint density at radius 1 is 1.00 bits per heavy atom. The third kappa shape index (κ3) is 3.78. The number of amides is 1. The van der Waals surface area contributed by atoms with Crippen molar-refractivity contribution in [1.29, 1.82) is 0 Å². The molecular formula is C22H26N2O3. The van der Waals surface area contributed by atoms with E-state index in [1.807, 2.05) is 35.2 Å². The molecule has 0 bridgehead atoms. The van der Waals surface area contributed by atoms with Crippen LogP contribution in [0.2, 0.25) is 0 Å². The lowest BCUT2D eigenvalue weighted by Gasteiger charge is -2.39. The highest BCUT2D eigenvalue weighted by atomic mass is 16.5. The minimum Gasteiger partial charge on any atom is -0.486 e. The lowest BCUT2D eigenvalue weighted by Crippen LogP contribution is -2.56. The van der Waals surface area contributed by atoms with Crippen LogP contribution in [0.4, 0.5) is 5.69 Å². The van der Waals surface area contributed by atoms with Crippen molar-refractivity contribution in [2.75, 3.05) is 44.3 Å². The number of para-hydroxylation sites is 1. The molecule has 0 unspecified atom stereocenters. The van der Waals surface area contributed by atoms with Crippen LogP contribution in [0.1, 0.15) is 21.5 Å². The molecule has 2 aromatic carbocycles. The van der Waals surface area contributed by atoms with Gasteiger partial charge in [0.2, 0.25) is 0 Å². The summed E-state index contributed by atoms with van der Waals surface area (Å²) in [7, 11) is 0. The molecule has 0 aliphatic carbocycles. The lowest BCUT2D eigenvalue weighted by molar-refractivity contribution is 0.0173. The molecule has 0 aromatic heterocycles. The first-order valence-corrected chi connectivity index (χ1v) is 9.57. The summed E-state index contributed by atoms with van der Waals surface area (Å²) in [5.41, 5.74) is 4.16. The highest BCUT2D eigenvalue weighted by Gasteiger charge is 2.33. The summed E-state index contributed by atoms with van der Waals surface area (Å²) >= 11 is 0. The second-order valence-corrected chi connectivity index (χ2v) is 7.32. The molecule has 0 saturated carbocycles. The van der Waals surface area contributed by atoms with E-state index in [0.29, 0.717) is 13.1 Å². The molecule has 5 nitrogen and oxygen atoms in total. The topological polar surface area (TPSA) is 42.0 Å². The Hall–Kier alpha value is -2.53. The van der Waals surface area contributed by atoms with Crippen LogP contribution in [0.15, 0.2) is 42.5 Å². The first-order valence-electron chi connectivity index (χ1n) is 9.57. The molecular weight excluding hydrogens is 340 g/mol. The highest BCUT2D eigenvalue weighted by Crippen LogP contribution is 2.27. The summed E-state index contributed by atoms with van der Waals surface area (Å²) in [5.74, 6) is 1.02. The fraction of sp³-hybridized carbons (Fsp3) is 0.409. The molecule has 27 heavy (non-hydrogen) atoms. The summed E-state index contributed by atoms with van der Waals surface area (Å²) in [6.07, 6.45) is 0.0707. The molecule has 0 spiro atoms. The van der Waals surface area contributed by atoms with Crippen molar-refractivity contribution in [3.63, 3.8) is 0 Å². The number of nitrogens with zero attached hydrogens (tertiary/aromatic N) is 2. The number of carbonyl (C=O) groups is 1. The number of benzene rings is 2. The highest BCUT2D eigenvalue weighted by molar-refractivity contribution is 5.95. The van der Waals surface area contributed by atoms with Gasteiger partial charge in [-0.05, 0) is 49.2 Å². The van der Waals surface area contributed by atoms with Crippen LogP contribution in [0.25, 0.3) is 0 Å². The van der Waals surface area contributed by atoms with E-state index in [4.69, 9.17) is 9.47 Å². The molecule has 5 heteroatoms. The van der Waals surface area contributed by atoms with E-state index < -0.39 is 0 Å². The van der Waals surface area contributed by atoms with E-state index in [-0.39, 0.29) is 12.0 Å². The van der Waals surface area contributed by atoms with Crippen molar-refractivity contribution in [3.8, 4) is 5.75 Å². The van der Waals surface area contributed by atoms with Crippen molar-refractivity contribution in [3.05, 3.63) is 59.2 Å². The zero-order valence-corrected chi connectivity index (χ0v) is 16.0. The predicted octanol–water partition coefficient (Wildman–Crippen LogP) is 3.04. The Bertz CT molecular complexity index is 787. The Morgan fingerprint density at radius 2 is 1.63 bits per heavy atom. The van der Waals surface area contributed by atoms with E-state index in [2.05, 4.69) is 30.9 Å². The Labute approximate surface area is 160 Å². The quantitative estimate of drug-likeness (QED) is 0.834.